The highest BCUT2D eigenvalue weighted by atomic mass is 16.2. The molecule has 1 aliphatic carbocycles. The summed E-state index contributed by atoms with van der Waals surface area (Å²) in [6, 6.07) is 0. The van der Waals surface area contributed by atoms with Crippen LogP contribution >= 0.6 is 0 Å². The lowest BCUT2D eigenvalue weighted by Gasteiger charge is -2.35. The number of carbonyl (C=O) groups excluding carboxylic acids is 1. The molecule has 0 bridgehead atoms. The van der Waals surface area contributed by atoms with Gasteiger partial charge in [0.05, 0.1) is 5.54 Å². The minimum atomic E-state index is -0.578. The summed E-state index contributed by atoms with van der Waals surface area (Å²) in [5.41, 5.74) is 5.66. The van der Waals surface area contributed by atoms with Gasteiger partial charge in [-0.15, -0.1) is 0 Å². The molecule has 0 saturated heterocycles. The molecule has 1 saturated carbocycles. The average molecular weight is 241 g/mol. The third-order valence-electron chi connectivity index (χ3n) is 3.62. The smallest absolute Gasteiger partial charge is 0.242 e. The second kappa shape index (κ2) is 6.36. The van der Waals surface area contributed by atoms with Crippen molar-refractivity contribution in [1.82, 2.24) is 9.80 Å². The molecule has 0 aromatic heterocycles. The minimum Gasteiger partial charge on any atom is -0.344 e. The average Bonchev–Trinajstić information content (AvgIpc) is 2.28. The van der Waals surface area contributed by atoms with Crippen LogP contribution in [0, 0.1) is 0 Å². The molecule has 100 valence electrons. The Hall–Kier alpha value is -0.610. The fourth-order valence-electron chi connectivity index (χ4n) is 2.50. The fraction of sp³-hybridized carbons (Fsp3) is 0.923. The monoisotopic (exact) mass is 241 g/mol. The largest absolute Gasteiger partial charge is 0.344 e. The van der Waals surface area contributed by atoms with E-state index in [2.05, 4.69) is 4.90 Å². The lowest BCUT2D eigenvalue weighted by Crippen LogP contribution is -2.55. The number of amides is 1. The topological polar surface area (TPSA) is 49.6 Å². The van der Waals surface area contributed by atoms with Gasteiger partial charge in [-0.1, -0.05) is 19.3 Å². The highest BCUT2D eigenvalue weighted by Crippen LogP contribution is 2.27. The van der Waals surface area contributed by atoms with Gasteiger partial charge in [0.25, 0.3) is 0 Å². The van der Waals surface area contributed by atoms with Crippen molar-refractivity contribution in [1.29, 1.82) is 0 Å². The van der Waals surface area contributed by atoms with Gasteiger partial charge in [0.1, 0.15) is 0 Å². The summed E-state index contributed by atoms with van der Waals surface area (Å²) in [6.45, 7) is 1.81. The number of hydrogen-bond acceptors (Lipinski definition) is 3. The molecular weight excluding hydrogens is 214 g/mol. The number of hydrogen-bond donors (Lipinski definition) is 1. The quantitative estimate of drug-likeness (QED) is 0.783. The summed E-state index contributed by atoms with van der Waals surface area (Å²) in [4.78, 5) is 16.2. The Labute approximate surface area is 105 Å². The SMILES string of the molecule is CN(C)CCCN(C)C(=O)C1(N)CCCCC1. The Morgan fingerprint density at radius 1 is 1.12 bits per heavy atom. The lowest BCUT2D eigenvalue weighted by molar-refractivity contribution is -0.137. The molecule has 0 unspecified atom stereocenters. The van der Waals surface area contributed by atoms with Gasteiger partial charge in [-0.25, -0.2) is 0 Å². The molecule has 4 nitrogen and oxygen atoms in total. The molecule has 4 heteroatoms. The van der Waals surface area contributed by atoms with Gasteiger partial charge >= 0.3 is 0 Å². The Kier molecular flexibility index (Phi) is 5.40. The van der Waals surface area contributed by atoms with Gasteiger partial charge in [0.2, 0.25) is 5.91 Å². The van der Waals surface area contributed by atoms with Crippen LogP contribution in [0.2, 0.25) is 0 Å². The van der Waals surface area contributed by atoms with Crippen LogP contribution in [0.3, 0.4) is 0 Å². The van der Waals surface area contributed by atoms with Crippen LogP contribution in [-0.2, 0) is 4.79 Å². The van der Waals surface area contributed by atoms with Crippen molar-refractivity contribution < 1.29 is 4.79 Å². The predicted octanol–water partition coefficient (Wildman–Crippen LogP) is 1.06. The zero-order valence-corrected chi connectivity index (χ0v) is 11.5. The van der Waals surface area contributed by atoms with E-state index in [0.717, 1.165) is 45.2 Å². The van der Waals surface area contributed by atoms with E-state index >= 15 is 0 Å². The number of nitrogens with zero attached hydrogens (tertiary/aromatic N) is 2. The first kappa shape index (κ1) is 14.5. The van der Waals surface area contributed by atoms with E-state index in [4.69, 9.17) is 5.73 Å². The van der Waals surface area contributed by atoms with Crippen LogP contribution in [0.4, 0.5) is 0 Å². The Morgan fingerprint density at radius 3 is 2.24 bits per heavy atom. The zero-order chi connectivity index (χ0) is 12.9. The molecule has 0 spiro atoms. The van der Waals surface area contributed by atoms with Crippen LogP contribution in [0.1, 0.15) is 38.5 Å². The number of carbonyl (C=O) groups is 1. The molecule has 2 N–H and O–H groups in total. The van der Waals surface area contributed by atoms with Crippen molar-refractivity contribution in [2.24, 2.45) is 5.73 Å². The van der Waals surface area contributed by atoms with Crippen LogP contribution in [-0.4, -0.2) is 55.5 Å². The van der Waals surface area contributed by atoms with E-state index in [1.165, 1.54) is 6.42 Å². The normalized spacial score (nSPS) is 19.4. The van der Waals surface area contributed by atoms with Gasteiger partial charge in [-0.2, -0.15) is 0 Å². The maximum Gasteiger partial charge on any atom is 0.242 e. The summed E-state index contributed by atoms with van der Waals surface area (Å²) >= 11 is 0. The van der Waals surface area contributed by atoms with Crippen molar-refractivity contribution >= 4 is 5.91 Å². The standard InChI is InChI=1S/C13H27N3O/c1-15(2)10-7-11-16(3)12(17)13(14)8-5-4-6-9-13/h4-11,14H2,1-3H3. The number of nitrogens with two attached hydrogens (primary N) is 1. The van der Waals surface area contributed by atoms with Gasteiger partial charge in [-0.3, -0.25) is 4.79 Å². The van der Waals surface area contributed by atoms with Crippen molar-refractivity contribution in [3.63, 3.8) is 0 Å². The molecule has 17 heavy (non-hydrogen) atoms. The molecule has 0 aliphatic heterocycles. The molecular formula is C13H27N3O. The van der Waals surface area contributed by atoms with Crippen molar-refractivity contribution in [2.75, 3.05) is 34.2 Å². The maximum atomic E-state index is 12.3. The molecule has 0 aromatic rings. The summed E-state index contributed by atoms with van der Waals surface area (Å²) in [6.07, 6.45) is 6.11. The fourth-order valence-corrected chi connectivity index (χ4v) is 2.50. The first-order chi connectivity index (χ1) is 7.96. The molecule has 0 atom stereocenters. The number of likely N-dealkylation sites (N-methyl/N-ethyl adjacent to an activating group) is 1. The van der Waals surface area contributed by atoms with E-state index in [0.29, 0.717) is 0 Å². The minimum absolute atomic E-state index is 0.135. The Bertz CT molecular complexity index is 247. The second-order valence-corrected chi connectivity index (χ2v) is 5.60. The van der Waals surface area contributed by atoms with Crippen LogP contribution < -0.4 is 5.73 Å². The third-order valence-corrected chi connectivity index (χ3v) is 3.62. The third kappa shape index (κ3) is 4.28. The predicted molar refractivity (Wildman–Crippen MR) is 70.8 cm³/mol. The second-order valence-electron chi connectivity index (χ2n) is 5.60. The van der Waals surface area contributed by atoms with E-state index in [-0.39, 0.29) is 5.91 Å². The molecule has 1 aliphatic rings. The first-order valence-corrected chi connectivity index (χ1v) is 6.65. The van der Waals surface area contributed by atoms with Gasteiger partial charge in [0, 0.05) is 13.6 Å². The summed E-state index contributed by atoms with van der Waals surface area (Å²) in [5, 5.41) is 0. The van der Waals surface area contributed by atoms with Gasteiger partial charge < -0.3 is 15.5 Å². The van der Waals surface area contributed by atoms with Crippen molar-refractivity contribution in [3.05, 3.63) is 0 Å². The van der Waals surface area contributed by atoms with E-state index in [1.54, 1.807) is 0 Å². The molecule has 0 heterocycles. The van der Waals surface area contributed by atoms with Gasteiger partial charge in [0.15, 0.2) is 0 Å². The van der Waals surface area contributed by atoms with E-state index < -0.39 is 5.54 Å². The van der Waals surface area contributed by atoms with Crippen LogP contribution in [0.25, 0.3) is 0 Å². The molecule has 1 rings (SSSR count). The molecule has 1 fully saturated rings. The first-order valence-electron chi connectivity index (χ1n) is 6.65. The van der Waals surface area contributed by atoms with Crippen LogP contribution in [0.15, 0.2) is 0 Å². The van der Waals surface area contributed by atoms with Crippen molar-refractivity contribution in [3.8, 4) is 0 Å². The Balaban J connectivity index is 2.39. The summed E-state index contributed by atoms with van der Waals surface area (Å²) in [7, 11) is 5.97. The molecule has 1 amide bonds. The molecule has 0 aromatic carbocycles. The van der Waals surface area contributed by atoms with E-state index in [9.17, 15) is 4.79 Å². The van der Waals surface area contributed by atoms with Gasteiger partial charge in [-0.05, 0) is 39.9 Å². The highest BCUT2D eigenvalue weighted by Gasteiger charge is 2.36. The summed E-state index contributed by atoms with van der Waals surface area (Å²) < 4.78 is 0. The molecule has 0 radical (unpaired) electrons. The lowest BCUT2D eigenvalue weighted by atomic mass is 9.81. The van der Waals surface area contributed by atoms with E-state index in [1.807, 2.05) is 26.0 Å². The zero-order valence-electron chi connectivity index (χ0n) is 11.5. The van der Waals surface area contributed by atoms with Crippen LogP contribution in [0.5, 0.6) is 0 Å². The van der Waals surface area contributed by atoms with Crippen molar-refractivity contribution in [2.45, 2.75) is 44.1 Å². The summed E-state index contributed by atoms with van der Waals surface area (Å²) in [5.74, 6) is 0.135. The number of rotatable bonds is 5. The maximum absolute atomic E-state index is 12.3. The highest BCUT2D eigenvalue weighted by molar-refractivity contribution is 5.86. The Morgan fingerprint density at radius 2 is 1.71 bits per heavy atom.